The van der Waals surface area contributed by atoms with E-state index in [1.807, 2.05) is 13.2 Å². The quantitative estimate of drug-likeness (QED) is 0.720. The Morgan fingerprint density at radius 3 is 2.25 bits per heavy atom. The van der Waals surface area contributed by atoms with E-state index in [9.17, 15) is 14.7 Å². The summed E-state index contributed by atoms with van der Waals surface area (Å²) in [6.45, 7) is 7.38. The first-order valence-corrected chi connectivity index (χ1v) is 8.25. The smallest absolute Gasteiger partial charge is 0.407 e. The van der Waals surface area contributed by atoms with Gasteiger partial charge in [-0.3, -0.25) is 4.79 Å². The molecule has 20 heavy (non-hydrogen) atoms. The summed E-state index contributed by atoms with van der Waals surface area (Å²) in [5, 5.41) is 12.1. The minimum absolute atomic E-state index is 0.103. The lowest BCUT2D eigenvalue weighted by Crippen LogP contribution is -2.45. The number of aliphatic carboxylic acids is 1. The zero-order valence-corrected chi connectivity index (χ0v) is 13.9. The molecule has 1 atom stereocenters. The largest absolute Gasteiger partial charge is 0.481 e. The van der Waals surface area contributed by atoms with E-state index in [-0.39, 0.29) is 6.54 Å². The van der Waals surface area contributed by atoms with Gasteiger partial charge in [-0.05, 0) is 45.6 Å². The van der Waals surface area contributed by atoms with E-state index in [4.69, 9.17) is 4.74 Å². The number of hydrogen-bond donors (Lipinski definition) is 2. The zero-order chi connectivity index (χ0) is 15.8. The van der Waals surface area contributed by atoms with Crippen LogP contribution in [0.15, 0.2) is 0 Å². The highest BCUT2D eigenvalue weighted by atomic mass is 32.2. The number of nitrogens with one attached hydrogen (secondary N) is 1. The molecule has 0 saturated carbocycles. The average molecular weight is 305 g/mol. The van der Waals surface area contributed by atoms with Crippen LogP contribution in [0.1, 0.15) is 47.0 Å². The van der Waals surface area contributed by atoms with E-state index in [2.05, 4.69) is 5.32 Å². The zero-order valence-electron chi connectivity index (χ0n) is 13.1. The van der Waals surface area contributed by atoms with Crippen LogP contribution in [0.5, 0.6) is 0 Å². The molecule has 0 aliphatic rings. The van der Waals surface area contributed by atoms with Gasteiger partial charge in [0.05, 0.1) is 5.41 Å². The minimum atomic E-state index is -0.908. The van der Waals surface area contributed by atoms with E-state index in [0.29, 0.717) is 12.8 Å². The van der Waals surface area contributed by atoms with E-state index in [1.165, 1.54) is 0 Å². The van der Waals surface area contributed by atoms with Crippen molar-refractivity contribution in [1.82, 2.24) is 5.32 Å². The molecule has 0 aromatic heterocycles. The number of carbonyl (C=O) groups is 2. The van der Waals surface area contributed by atoms with Crippen LogP contribution >= 0.6 is 11.8 Å². The third-order valence-corrected chi connectivity index (χ3v) is 3.55. The highest BCUT2D eigenvalue weighted by molar-refractivity contribution is 7.98. The van der Waals surface area contributed by atoms with Crippen molar-refractivity contribution >= 4 is 23.8 Å². The summed E-state index contributed by atoms with van der Waals surface area (Å²) < 4.78 is 5.15. The molecular formula is C14H27NO4S. The number of carboxylic acid groups (broad SMARTS) is 1. The molecule has 0 aliphatic heterocycles. The highest BCUT2D eigenvalue weighted by Gasteiger charge is 2.37. The Hall–Kier alpha value is -0.910. The maximum absolute atomic E-state index is 11.7. The molecule has 0 heterocycles. The van der Waals surface area contributed by atoms with Crippen molar-refractivity contribution in [3.8, 4) is 0 Å². The molecule has 0 bridgehead atoms. The molecular weight excluding hydrogens is 278 g/mol. The van der Waals surface area contributed by atoms with Gasteiger partial charge < -0.3 is 15.2 Å². The number of carbonyl (C=O) groups excluding carboxylic acids is 1. The van der Waals surface area contributed by atoms with Crippen molar-refractivity contribution < 1.29 is 19.4 Å². The fraction of sp³-hybridized carbons (Fsp3) is 0.857. The summed E-state index contributed by atoms with van der Waals surface area (Å²) in [5.74, 6) is -0.105. The second-order valence-corrected chi connectivity index (χ2v) is 6.92. The number of hydrogen-bond acceptors (Lipinski definition) is 4. The molecule has 0 spiro atoms. The van der Waals surface area contributed by atoms with Crippen LogP contribution in [-0.4, -0.2) is 41.3 Å². The van der Waals surface area contributed by atoms with Gasteiger partial charge in [0.15, 0.2) is 0 Å². The predicted octanol–water partition coefficient (Wildman–Crippen LogP) is 3.14. The van der Waals surface area contributed by atoms with Gasteiger partial charge in [0.1, 0.15) is 5.60 Å². The van der Waals surface area contributed by atoms with Gasteiger partial charge in [0.2, 0.25) is 0 Å². The van der Waals surface area contributed by atoms with Gasteiger partial charge in [-0.25, -0.2) is 4.79 Å². The Bertz CT molecular complexity index is 328. The first-order valence-electron chi connectivity index (χ1n) is 6.86. The predicted molar refractivity (Wildman–Crippen MR) is 82.2 cm³/mol. The lowest BCUT2D eigenvalue weighted by atomic mass is 9.80. The lowest BCUT2D eigenvalue weighted by molar-refractivity contribution is -0.149. The van der Waals surface area contributed by atoms with Crippen molar-refractivity contribution in [1.29, 1.82) is 0 Å². The Balaban J connectivity index is 4.71. The van der Waals surface area contributed by atoms with E-state index in [1.54, 1.807) is 32.5 Å². The molecule has 0 radical (unpaired) electrons. The molecule has 1 unspecified atom stereocenters. The van der Waals surface area contributed by atoms with Crippen LogP contribution < -0.4 is 5.32 Å². The van der Waals surface area contributed by atoms with Gasteiger partial charge in [-0.15, -0.1) is 0 Å². The molecule has 2 N–H and O–H groups in total. The second-order valence-electron chi connectivity index (χ2n) is 5.93. The summed E-state index contributed by atoms with van der Waals surface area (Å²) in [5.41, 5.74) is -1.49. The Kier molecular flexibility index (Phi) is 8.01. The number of alkyl carbamates (subject to hydrolysis) is 1. The van der Waals surface area contributed by atoms with Crippen LogP contribution in [0.4, 0.5) is 4.79 Å². The van der Waals surface area contributed by atoms with Crippen molar-refractivity contribution in [3.63, 3.8) is 0 Å². The molecule has 0 aromatic carbocycles. The maximum Gasteiger partial charge on any atom is 0.407 e. The first kappa shape index (κ1) is 19.1. The molecule has 118 valence electrons. The summed E-state index contributed by atoms with van der Waals surface area (Å²) in [4.78, 5) is 23.3. The molecule has 5 nitrogen and oxygen atoms in total. The Labute approximate surface area is 125 Å². The monoisotopic (exact) mass is 305 g/mol. The van der Waals surface area contributed by atoms with Crippen LogP contribution in [-0.2, 0) is 9.53 Å². The molecule has 0 rings (SSSR count). The Morgan fingerprint density at radius 1 is 1.25 bits per heavy atom. The SMILES string of the molecule is CCCC(CCSC)(CNC(=O)OC(C)(C)C)C(=O)O. The van der Waals surface area contributed by atoms with Crippen molar-refractivity contribution in [2.75, 3.05) is 18.6 Å². The third kappa shape index (κ3) is 7.03. The van der Waals surface area contributed by atoms with Crippen molar-refractivity contribution in [2.45, 2.75) is 52.6 Å². The van der Waals surface area contributed by atoms with E-state index in [0.717, 1.165) is 12.2 Å². The van der Waals surface area contributed by atoms with Gasteiger partial charge in [0, 0.05) is 6.54 Å². The molecule has 6 heteroatoms. The second kappa shape index (κ2) is 8.39. The van der Waals surface area contributed by atoms with Gasteiger partial charge >= 0.3 is 12.1 Å². The van der Waals surface area contributed by atoms with Gasteiger partial charge in [-0.2, -0.15) is 11.8 Å². The number of ether oxygens (including phenoxy) is 1. The number of thioether (sulfide) groups is 1. The van der Waals surface area contributed by atoms with Crippen LogP contribution in [0.25, 0.3) is 0 Å². The lowest BCUT2D eigenvalue weighted by Gasteiger charge is -2.30. The molecule has 0 aromatic rings. The normalized spacial score (nSPS) is 14.4. The first-order chi connectivity index (χ1) is 9.17. The van der Waals surface area contributed by atoms with Crippen molar-refractivity contribution in [3.05, 3.63) is 0 Å². The third-order valence-electron chi connectivity index (χ3n) is 2.94. The number of amides is 1. The van der Waals surface area contributed by atoms with Crippen LogP contribution in [0, 0.1) is 5.41 Å². The van der Waals surface area contributed by atoms with Crippen molar-refractivity contribution in [2.24, 2.45) is 5.41 Å². The molecule has 0 saturated heterocycles. The van der Waals surface area contributed by atoms with Crippen LogP contribution in [0.3, 0.4) is 0 Å². The fourth-order valence-corrected chi connectivity index (χ4v) is 2.52. The number of rotatable bonds is 8. The summed E-state index contributed by atoms with van der Waals surface area (Å²) in [6, 6.07) is 0. The fourth-order valence-electron chi connectivity index (χ4n) is 1.92. The van der Waals surface area contributed by atoms with Gasteiger partial charge in [-0.1, -0.05) is 13.3 Å². The van der Waals surface area contributed by atoms with Crippen LogP contribution in [0.2, 0.25) is 0 Å². The topological polar surface area (TPSA) is 75.6 Å². The van der Waals surface area contributed by atoms with Gasteiger partial charge in [0.25, 0.3) is 0 Å². The number of carboxylic acids is 1. The molecule has 1 amide bonds. The van der Waals surface area contributed by atoms with E-state index >= 15 is 0 Å². The highest BCUT2D eigenvalue weighted by Crippen LogP contribution is 2.29. The molecule has 0 aliphatic carbocycles. The minimum Gasteiger partial charge on any atom is -0.481 e. The molecule has 0 fully saturated rings. The summed E-state index contributed by atoms with van der Waals surface area (Å²) in [6.07, 6.45) is 3.21. The standard InChI is InChI=1S/C14H27NO4S/c1-6-7-14(11(16)17,8-9-20-5)10-15-12(18)19-13(2,3)4/h6-10H2,1-5H3,(H,15,18)(H,16,17). The average Bonchev–Trinajstić information content (AvgIpc) is 2.30. The summed E-state index contributed by atoms with van der Waals surface area (Å²) >= 11 is 1.61. The Morgan fingerprint density at radius 2 is 1.85 bits per heavy atom. The summed E-state index contributed by atoms with van der Waals surface area (Å²) in [7, 11) is 0. The van der Waals surface area contributed by atoms with E-state index < -0.39 is 23.1 Å². The maximum atomic E-state index is 11.7.